The number of carbonyl (C=O) groups is 1. The first-order valence-corrected chi connectivity index (χ1v) is 11.1. The number of hydrogen-bond donors (Lipinski definition) is 1. The number of aldehydes is 1. The van der Waals surface area contributed by atoms with E-state index in [-0.39, 0.29) is 11.7 Å². The molecule has 4 rings (SSSR count). The van der Waals surface area contributed by atoms with Crippen molar-refractivity contribution in [2.75, 3.05) is 7.05 Å². The molecule has 2 aliphatic carbocycles. The quantitative estimate of drug-likeness (QED) is 0.591. The van der Waals surface area contributed by atoms with Crippen LogP contribution in [0.3, 0.4) is 0 Å². The number of rotatable bonds is 6. The first-order chi connectivity index (χ1) is 15.2. The number of aromatic nitrogens is 1. The van der Waals surface area contributed by atoms with E-state index in [4.69, 9.17) is 0 Å². The lowest BCUT2D eigenvalue weighted by Gasteiger charge is -2.41. The summed E-state index contributed by atoms with van der Waals surface area (Å²) in [6.45, 7) is 0. The number of carbonyl (C=O) groups excluding carboxylic acids is 1. The van der Waals surface area contributed by atoms with Crippen LogP contribution in [0, 0.1) is 23.6 Å². The molecule has 1 aromatic heterocycles. The Morgan fingerprint density at radius 1 is 1.10 bits per heavy atom. The predicted octanol–water partition coefficient (Wildman–Crippen LogP) is 5.96. The average Bonchev–Trinajstić information content (AvgIpc) is 2.81. The van der Waals surface area contributed by atoms with Crippen LogP contribution in [0.1, 0.15) is 37.8 Å². The molecule has 3 unspecified atom stereocenters. The second-order valence-electron chi connectivity index (χ2n) is 8.50. The van der Waals surface area contributed by atoms with Gasteiger partial charge < -0.3 is 5.32 Å². The Morgan fingerprint density at radius 2 is 1.97 bits per heavy atom. The highest BCUT2D eigenvalue weighted by molar-refractivity contribution is 5.78. The van der Waals surface area contributed by atoms with Gasteiger partial charge in [0.05, 0.1) is 5.69 Å². The fourth-order valence-electron chi connectivity index (χ4n) is 5.10. The van der Waals surface area contributed by atoms with Crippen molar-refractivity contribution in [1.29, 1.82) is 0 Å². The molecule has 4 heteroatoms. The third-order valence-electron chi connectivity index (χ3n) is 6.64. The van der Waals surface area contributed by atoms with Gasteiger partial charge in [-0.2, -0.15) is 0 Å². The van der Waals surface area contributed by atoms with Gasteiger partial charge in [-0.1, -0.05) is 37.1 Å². The Bertz CT molecular complexity index is 1010. The predicted molar refractivity (Wildman–Crippen MR) is 124 cm³/mol. The Balaban J connectivity index is 1.60. The lowest BCUT2D eigenvalue weighted by atomic mass is 9.63. The van der Waals surface area contributed by atoms with Gasteiger partial charge in [0.1, 0.15) is 12.1 Å². The molecule has 0 radical (unpaired) electrons. The summed E-state index contributed by atoms with van der Waals surface area (Å²) in [4.78, 5) is 16.6. The van der Waals surface area contributed by atoms with Gasteiger partial charge in [-0.05, 0) is 78.8 Å². The third kappa shape index (κ3) is 4.84. The summed E-state index contributed by atoms with van der Waals surface area (Å²) in [5, 5.41) is 3.04. The summed E-state index contributed by atoms with van der Waals surface area (Å²) < 4.78 is 13.5. The summed E-state index contributed by atoms with van der Waals surface area (Å²) in [6.07, 6.45) is 16.9. The molecule has 1 fully saturated rings. The summed E-state index contributed by atoms with van der Waals surface area (Å²) in [7, 11) is 1.88. The minimum Gasteiger partial charge on any atom is -0.394 e. The number of halogens is 1. The van der Waals surface area contributed by atoms with Gasteiger partial charge in [-0.15, -0.1) is 0 Å². The van der Waals surface area contributed by atoms with Crippen molar-refractivity contribution >= 4 is 12.4 Å². The SMILES string of the molecule is CN/C=C\C1=C(C=O)C(/C=C/c2ccc(-c3cccc(F)c3)cn2)C2CCCCC2C1. The third-order valence-corrected chi connectivity index (χ3v) is 6.64. The lowest BCUT2D eigenvalue weighted by Crippen LogP contribution is -2.32. The normalized spacial score (nSPS) is 23.9. The molecule has 0 amide bonds. The van der Waals surface area contributed by atoms with Gasteiger partial charge in [-0.3, -0.25) is 9.78 Å². The summed E-state index contributed by atoms with van der Waals surface area (Å²) in [6, 6.07) is 10.4. The van der Waals surface area contributed by atoms with Crippen LogP contribution in [-0.4, -0.2) is 18.3 Å². The Labute approximate surface area is 183 Å². The van der Waals surface area contributed by atoms with Crippen molar-refractivity contribution in [3.63, 3.8) is 0 Å². The fourth-order valence-corrected chi connectivity index (χ4v) is 5.10. The molecular formula is C27H29FN2O. The molecular weight excluding hydrogens is 387 g/mol. The first kappa shape index (κ1) is 21.2. The molecule has 31 heavy (non-hydrogen) atoms. The van der Waals surface area contributed by atoms with Crippen LogP contribution in [0.15, 0.2) is 72.1 Å². The van der Waals surface area contributed by atoms with Gasteiger partial charge in [0.2, 0.25) is 0 Å². The Hall–Kier alpha value is -3.01. The van der Waals surface area contributed by atoms with E-state index < -0.39 is 0 Å². The zero-order valence-electron chi connectivity index (χ0n) is 17.9. The van der Waals surface area contributed by atoms with Crippen LogP contribution in [0.2, 0.25) is 0 Å². The smallest absolute Gasteiger partial charge is 0.146 e. The number of fused-ring (bicyclic) bond motifs is 1. The summed E-state index contributed by atoms with van der Waals surface area (Å²) in [5.41, 5.74) is 4.59. The molecule has 2 aromatic rings. The van der Waals surface area contributed by atoms with Crippen molar-refractivity contribution < 1.29 is 9.18 Å². The fraction of sp³-hybridized carbons (Fsp3) is 0.333. The van der Waals surface area contributed by atoms with E-state index in [1.165, 1.54) is 37.8 Å². The molecule has 0 aliphatic heterocycles. The number of nitrogens with one attached hydrogen (secondary N) is 1. The minimum absolute atomic E-state index is 0.123. The van der Waals surface area contributed by atoms with Crippen LogP contribution in [0.4, 0.5) is 4.39 Å². The average molecular weight is 417 g/mol. The van der Waals surface area contributed by atoms with Crippen molar-refractivity contribution in [3.8, 4) is 11.1 Å². The van der Waals surface area contributed by atoms with E-state index >= 15 is 0 Å². The topological polar surface area (TPSA) is 42.0 Å². The molecule has 2 aliphatic rings. The molecule has 1 heterocycles. The number of hydrogen-bond acceptors (Lipinski definition) is 3. The van der Waals surface area contributed by atoms with Crippen LogP contribution in [-0.2, 0) is 4.79 Å². The van der Waals surface area contributed by atoms with Crippen LogP contribution in [0.5, 0.6) is 0 Å². The molecule has 3 atom stereocenters. The second-order valence-corrected chi connectivity index (χ2v) is 8.50. The Morgan fingerprint density at radius 3 is 2.71 bits per heavy atom. The first-order valence-electron chi connectivity index (χ1n) is 11.1. The molecule has 1 saturated carbocycles. The Kier molecular flexibility index (Phi) is 6.76. The highest BCUT2D eigenvalue weighted by Crippen LogP contribution is 2.46. The van der Waals surface area contributed by atoms with Gasteiger partial charge in [0.25, 0.3) is 0 Å². The van der Waals surface area contributed by atoms with E-state index in [9.17, 15) is 9.18 Å². The van der Waals surface area contributed by atoms with Gasteiger partial charge in [0, 0.05) is 30.3 Å². The standard InChI is InChI=1S/C27H29FN2O/c1-29-14-13-21-15-20-5-2-3-8-25(20)26(27(21)18-31)12-11-24-10-9-22(17-30-24)19-6-4-7-23(28)16-19/h4,6-7,9-14,16-18,20,25-26,29H,2-3,5,8,15H2,1H3/b12-11+,14-13-. The molecule has 1 N–H and O–H groups in total. The number of benzene rings is 1. The largest absolute Gasteiger partial charge is 0.394 e. The minimum atomic E-state index is -0.253. The van der Waals surface area contributed by atoms with Crippen molar-refractivity contribution in [2.24, 2.45) is 17.8 Å². The van der Waals surface area contributed by atoms with Gasteiger partial charge in [-0.25, -0.2) is 4.39 Å². The maximum atomic E-state index is 13.5. The van der Waals surface area contributed by atoms with Gasteiger partial charge >= 0.3 is 0 Å². The summed E-state index contributed by atoms with van der Waals surface area (Å²) in [5.74, 6) is 1.02. The summed E-state index contributed by atoms with van der Waals surface area (Å²) >= 11 is 0. The maximum absolute atomic E-state index is 13.5. The molecule has 0 saturated heterocycles. The zero-order chi connectivity index (χ0) is 21.6. The van der Waals surface area contributed by atoms with Crippen molar-refractivity contribution in [1.82, 2.24) is 10.3 Å². The molecule has 0 spiro atoms. The second kappa shape index (κ2) is 9.86. The highest BCUT2D eigenvalue weighted by Gasteiger charge is 2.37. The monoisotopic (exact) mass is 416 g/mol. The molecule has 1 aromatic carbocycles. The van der Waals surface area contributed by atoms with E-state index in [0.29, 0.717) is 11.8 Å². The van der Waals surface area contributed by atoms with Crippen LogP contribution >= 0.6 is 0 Å². The molecule has 160 valence electrons. The number of nitrogens with zero attached hydrogens (tertiary/aromatic N) is 1. The number of pyridine rings is 1. The lowest BCUT2D eigenvalue weighted by molar-refractivity contribution is -0.105. The molecule has 0 bridgehead atoms. The van der Waals surface area contributed by atoms with E-state index in [2.05, 4.69) is 22.5 Å². The van der Waals surface area contributed by atoms with Crippen molar-refractivity contribution in [3.05, 3.63) is 83.6 Å². The highest BCUT2D eigenvalue weighted by atomic mass is 19.1. The van der Waals surface area contributed by atoms with Gasteiger partial charge in [0.15, 0.2) is 0 Å². The van der Waals surface area contributed by atoms with E-state index in [0.717, 1.165) is 40.7 Å². The van der Waals surface area contributed by atoms with Crippen LogP contribution in [0.25, 0.3) is 17.2 Å². The zero-order valence-corrected chi connectivity index (χ0v) is 17.9. The van der Waals surface area contributed by atoms with Crippen molar-refractivity contribution in [2.45, 2.75) is 32.1 Å². The maximum Gasteiger partial charge on any atom is 0.146 e. The van der Waals surface area contributed by atoms with E-state index in [1.54, 1.807) is 12.3 Å². The van der Waals surface area contributed by atoms with Crippen LogP contribution < -0.4 is 5.32 Å². The van der Waals surface area contributed by atoms with E-state index in [1.807, 2.05) is 37.5 Å². The molecule has 3 nitrogen and oxygen atoms in total. The number of allylic oxidation sites excluding steroid dienone is 4.